The van der Waals surface area contributed by atoms with E-state index >= 15 is 0 Å². The number of nitrogens with zero attached hydrogens (tertiary/aromatic N) is 1. The zero-order valence-corrected chi connectivity index (χ0v) is 25.8. The van der Waals surface area contributed by atoms with Gasteiger partial charge < -0.3 is 25.0 Å². The number of alkyl carbamates (subject to hydrolysis) is 1. The lowest BCUT2D eigenvalue weighted by Gasteiger charge is -2.36. The summed E-state index contributed by atoms with van der Waals surface area (Å²) in [5, 5.41) is 5.43. The first-order valence-corrected chi connectivity index (χ1v) is 14.6. The fraction of sp³-hybridized carbons (Fsp3) is 0.677. The maximum absolute atomic E-state index is 14.3. The van der Waals surface area contributed by atoms with Crippen LogP contribution in [0.3, 0.4) is 0 Å². The number of aryl methyl sites for hydroxylation is 1. The van der Waals surface area contributed by atoms with Crippen molar-refractivity contribution in [3.63, 3.8) is 0 Å². The summed E-state index contributed by atoms with van der Waals surface area (Å²) in [6, 6.07) is 5.49. The maximum atomic E-state index is 14.3. The number of rotatable bonds is 16. The number of methoxy groups -OCH3 is 1. The lowest BCUT2D eigenvalue weighted by molar-refractivity contribution is -0.145. The van der Waals surface area contributed by atoms with Gasteiger partial charge in [-0.1, -0.05) is 83.6 Å². The summed E-state index contributed by atoms with van der Waals surface area (Å²) < 4.78 is 10.2. The molecule has 1 aromatic carbocycles. The summed E-state index contributed by atoms with van der Waals surface area (Å²) in [5.74, 6) is -1.66. The van der Waals surface area contributed by atoms with E-state index in [0.717, 1.165) is 37.7 Å². The Morgan fingerprint density at radius 1 is 0.975 bits per heavy atom. The zero-order valence-electron chi connectivity index (χ0n) is 25.8. The van der Waals surface area contributed by atoms with Gasteiger partial charge in [-0.25, -0.2) is 4.79 Å². The van der Waals surface area contributed by atoms with Crippen molar-refractivity contribution in [1.29, 1.82) is 0 Å². The van der Waals surface area contributed by atoms with Gasteiger partial charge in [-0.15, -0.1) is 0 Å². The van der Waals surface area contributed by atoms with E-state index in [9.17, 15) is 19.2 Å². The van der Waals surface area contributed by atoms with Crippen molar-refractivity contribution in [2.45, 2.75) is 111 Å². The van der Waals surface area contributed by atoms with Gasteiger partial charge in [0.15, 0.2) is 0 Å². The molecule has 0 bridgehead atoms. The molecule has 9 heteroatoms. The lowest BCUT2D eigenvalue weighted by Crippen LogP contribution is -2.55. The Morgan fingerprint density at radius 2 is 1.60 bits per heavy atom. The fourth-order valence-corrected chi connectivity index (χ4v) is 4.40. The van der Waals surface area contributed by atoms with E-state index in [1.165, 1.54) is 7.11 Å². The van der Waals surface area contributed by atoms with Gasteiger partial charge in [0.1, 0.15) is 24.2 Å². The van der Waals surface area contributed by atoms with Crippen molar-refractivity contribution in [3.05, 3.63) is 35.4 Å². The number of carbonyl (C=O) groups excluding carboxylic acids is 4. The van der Waals surface area contributed by atoms with Crippen LogP contribution in [0.5, 0.6) is 0 Å². The van der Waals surface area contributed by atoms with Crippen molar-refractivity contribution in [2.75, 3.05) is 20.2 Å². The molecule has 1 rings (SSSR count). The van der Waals surface area contributed by atoms with Crippen LogP contribution in [0.15, 0.2) is 24.3 Å². The number of unbranched alkanes of at least 4 members (excludes halogenated alkanes) is 5. The highest BCUT2D eigenvalue weighted by molar-refractivity contribution is 5.93. The standard InChI is InChI=1S/C31H51N3O6/c1-9-11-12-13-14-17-20-34(29(37)26(22(3)10-2)33-30(38)40-31(5,6)7)27(24-19-16-15-18-23(24)4)28(36)32-21-25(35)39-8/h15-16,18-19,22,26-27H,9-14,17,20-21H2,1-8H3,(H,32,36)(H,33,38). The van der Waals surface area contributed by atoms with Crippen LogP contribution in [-0.4, -0.2) is 60.6 Å². The minimum atomic E-state index is -0.999. The Hall–Kier alpha value is -3.10. The van der Waals surface area contributed by atoms with Crippen LogP contribution in [-0.2, 0) is 23.9 Å². The van der Waals surface area contributed by atoms with Gasteiger partial charge >= 0.3 is 12.1 Å². The normalized spacial score (nSPS) is 13.5. The summed E-state index contributed by atoms with van der Waals surface area (Å²) in [4.78, 5) is 54.2. The Balaban J connectivity index is 3.49. The molecule has 0 aliphatic rings. The molecule has 1 aromatic rings. The molecule has 9 nitrogen and oxygen atoms in total. The maximum Gasteiger partial charge on any atom is 0.408 e. The Bertz CT molecular complexity index is 959. The molecule has 0 aromatic heterocycles. The number of esters is 1. The molecule has 3 unspecified atom stereocenters. The quantitative estimate of drug-likeness (QED) is 0.205. The molecule has 0 saturated heterocycles. The number of ether oxygens (including phenoxy) is 2. The molecule has 0 aliphatic carbocycles. The first-order valence-electron chi connectivity index (χ1n) is 14.6. The topological polar surface area (TPSA) is 114 Å². The molecule has 40 heavy (non-hydrogen) atoms. The Morgan fingerprint density at radius 3 is 2.17 bits per heavy atom. The fourth-order valence-electron chi connectivity index (χ4n) is 4.40. The smallest absolute Gasteiger partial charge is 0.408 e. The number of carbonyl (C=O) groups is 4. The van der Waals surface area contributed by atoms with Gasteiger partial charge in [0.25, 0.3) is 0 Å². The largest absolute Gasteiger partial charge is 0.468 e. The van der Waals surface area contributed by atoms with Crippen LogP contribution in [0, 0.1) is 12.8 Å². The van der Waals surface area contributed by atoms with Gasteiger partial charge in [-0.3, -0.25) is 14.4 Å². The minimum Gasteiger partial charge on any atom is -0.468 e. The molecule has 0 saturated carbocycles. The van der Waals surface area contributed by atoms with Crippen LogP contribution < -0.4 is 10.6 Å². The van der Waals surface area contributed by atoms with E-state index < -0.39 is 35.7 Å². The van der Waals surface area contributed by atoms with Gasteiger partial charge in [0.2, 0.25) is 11.8 Å². The Kier molecular flexibility index (Phi) is 15.3. The molecule has 0 aliphatic heterocycles. The highest BCUT2D eigenvalue weighted by Gasteiger charge is 2.38. The van der Waals surface area contributed by atoms with Gasteiger partial charge in [0, 0.05) is 6.54 Å². The summed E-state index contributed by atoms with van der Waals surface area (Å²) >= 11 is 0. The van der Waals surface area contributed by atoms with E-state index in [1.54, 1.807) is 25.7 Å². The number of amides is 3. The monoisotopic (exact) mass is 561 g/mol. The van der Waals surface area contributed by atoms with Gasteiger partial charge in [-0.05, 0) is 51.2 Å². The second-order valence-corrected chi connectivity index (χ2v) is 11.4. The van der Waals surface area contributed by atoms with Gasteiger partial charge in [-0.2, -0.15) is 0 Å². The van der Waals surface area contributed by atoms with Crippen molar-refractivity contribution < 1.29 is 28.7 Å². The molecule has 0 spiro atoms. The third kappa shape index (κ3) is 12.0. The number of hydrogen-bond donors (Lipinski definition) is 2. The van der Waals surface area contributed by atoms with Crippen LogP contribution in [0.4, 0.5) is 4.79 Å². The highest BCUT2D eigenvalue weighted by Crippen LogP contribution is 2.27. The highest BCUT2D eigenvalue weighted by atomic mass is 16.6. The number of benzene rings is 1. The van der Waals surface area contributed by atoms with E-state index in [4.69, 9.17) is 9.47 Å². The van der Waals surface area contributed by atoms with Crippen molar-refractivity contribution in [2.24, 2.45) is 5.92 Å². The average Bonchev–Trinajstić information content (AvgIpc) is 2.90. The van der Waals surface area contributed by atoms with Crippen LogP contribution in [0.2, 0.25) is 0 Å². The second-order valence-electron chi connectivity index (χ2n) is 11.4. The van der Waals surface area contributed by atoms with Crippen molar-refractivity contribution in [3.8, 4) is 0 Å². The third-order valence-electron chi connectivity index (χ3n) is 6.86. The number of nitrogens with one attached hydrogen (secondary N) is 2. The van der Waals surface area contributed by atoms with E-state index in [0.29, 0.717) is 24.9 Å². The predicted molar refractivity (Wildman–Crippen MR) is 157 cm³/mol. The molecular formula is C31H51N3O6. The van der Waals surface area contributed by atoms with Crippen LogP contribution in [0.25, 0.3) is 0 Å². The van der Waals surface area contributed by atoms with Crippen LogP contribution in [0.1, 0.15) is 104 Å². The lowest BCUT2D eigenvalue weighted by atomic mass is 9.94. The van der Waals surface area contributed by atoms with Crippen LogP contribution >= 0.6 is 0 Å². The van der Waals surface area contributed by atoms with E-state index in [-0.39, 0.29) is 18.4 Å². The predicted octanol–water partition coefficient (Wildman–Crippen LogP) is 5.45. The SMILES string of the molecule is CCCCCCCCN(C(=O)C(NC(=O)OC(C)(C)C)C(C)CC)C(C(=O)NCC(=O)OC)c1ccccc1C. The molecule has 3 amide bonds. The van der Waals surface area contributed by atoms with Gasteiger partial charge in [0.05, 0.1) is 7.11 Å². The second kappa shape index (κ2) is 17.6. The molecular weight excluding hydrogens is 510 g/mol. The average molecular weight is 562 g/mol. The molecule has 2 N–H and O–H groups in total. The molecule has 3 atom stereocenters. The van der Waals surface area contributed by atoms with E-state index in [2.05, 4.69) is 17.6 Å². The van der Waals surface area contributed by atoms with Crippen molar-refractivity contribution >= 4 is 23.9 Å². The minimum absolute atomic E-state index is 0.220. The molecule has 0 fully saturated rings. The molecule has 0 radical (unpaired) electrons. The first-order chi connectivity index (χ1) is 18.9. The number of hydrogen-bond acceptors (Lipinski definition) is 6. The van der Waals surface area contributed by atoms with Crippen molar-refractivity contribution in [1.82, 2.24) is 15.5 Å². The summed E-state index contributed by atoms with van der Waals surface area (Å²) in [6.45, 7) is 13.2. The Labute approximate surface area is 240 Å². The molecule has 0 heterocycles. The first kappa shape index (κ1) is 34.9. The summed E-state index contributed by atoms with van der Waals surface area (Å²) in [7, 11) is 1.25. The zero-order chi connectivity index (χ0) is 30.3. The third-order valence-corrected chi connectivity index (χ3v) is 6.86. The summed E-state index contributed by atoms with van der Waals surface area (Å²) in [6.07, 6.45) is 5.97. The summed E-state index contributed by atoms with van der Waals surface area (Å²) in [5.41, 5.74) is 0.758. The molecule has 226 valence electrons. The van der Waals surface area contributed by atoms with E-state index in [1.807, 2.05) is 45.0 Å².